The highest BCUT2D eigenvalue weighted by Gasteiger charge is 2.26. The van der Waals surface area contributed by atoms with Gasteiger partial charge in [0.2, 0.25) is 5.90 Å². The van der Waals surface area contributed by atoms with Crippen molar-refractivity contribution in [1.82, 2.24) is 0 Å². The first-order valence-corrected chi connectivity index (χ1v) is 12.0. The molecule has 0 saturated carbocycles. The lowest BCUT2D eigenvalue weighted by Gasteiger charge is -2.14. The number of nitro benzene ring substituents is 1. The number of hydrogen-bond donors (Lipinski definition) is 0. The van der Waals surface area contributed by atoms with Gasteiger partial charge in [0.15, 0.2) is 17.2 Å². The summed E-state index contributed by atoms with van der Waals surface area (Å²) in [6.07, 6.45) is 1.50. The Kier molecular flexibility index (Phi) is 7.71. The minimum Gasteiger partial charge on any atom is -0.490 e. The van der Waals surface area contributed by atoms with Crippen LogP contribution in [-0.4, -0.2) is 23.4 Å². The smallest absolute Gasteiger partial charge is 0.363 e. The minimum atomic E-state index is -0.683. The number of carbonyl (C=O) groups excluding carboxylic acids is 1. The number of nitrogens with zero attached hydrogens (tertiary/aromatic N) is 2. The zero-order chi connectivity index (χ0) is 25.8. The van der Waals surface area contributed by atoms with Gasteiger partial charge in [0, 0.05) is 21.7 Å². The van der Waals surface area contributed by atoms with E-state index in [1.54, 1.807) is 31.2 Å². The summed E-state index contributed by atoms with van der Waals surface area (Å²) in [4.78, 5) is 27.5. The van der Waals surface area contributed by atoms with Crippen LogP contribution in [-0.2, 0) is 16.1 Å². The van der Waals surface area contributed by atoms with Crippen LogP contribution < -0.4 is 9.47 Å². The van der Waals surface area contributed by atoms with E-state index in [9.17, 15) is 14.9 Å². The fraction of sp³-hybridized carbons (Fsp3) is 0.154. The standard InChI is InChI=1S/C26H20BrClN2O6/c1-3-34-23-12-17(10-20(28)24(23)35-14-16-5-4-6-19(27)9-16)11-21-26(31)36-25(29-21)18-8-7-15(2)22(13-18)30(32)33/h4-13H,3,14H2,1-2H3/b21-11-. The van der Waals surface area contributed by atoms with Gasteiger partial charge in [-0.3, -0.25) is 10.1 Å². The SMILES string of the molecule is CCOc1cc(/C=C2\N=C(c3ccc(C)c([N+](=O)[O-])c3)OC2=O)cc(Cl)c1OCc1cccc(Br)c1. The van der Waals surface area contributed by atoms with Gasteiger partial charge in [0.25, 0.3) is 5.69 Å². The lowest BCUT2D eigenvalue weighted by molar-refractivity contribution is -0.385. The van der Waals surface area contributed by atoms with Crippen molar-refractivity contribution in [2.75, 3.05) is 6.61 Å². The molecule has 184 valence electrons. The molecule has 0 N–H and O–H groups in total. The lowest BCUT2D eigenvalue weighted by atomic mass is 10.1. The first-order chi connectivity index (χ1) is 17.2. The quantitative estimate of drug-likeness (QED) is 0.130. The molecule has 0 unspecified atom stereocenters. The Morgan fingerprint density at radius 2 is 1.97 bits per heavy atom. The number of rotatable bonds is 8. The molecule has 0 radical (unpaired) electrons. The van der Waals surface area contributed by atoms with Crippen molar-refractivity contribution in [1.29, 1.82) is 0 Å². The molecule has 3 aromatic rings. The van der Waals surface area contributed by atoms with Gasteiger partial charge in [-0.2, -0.15) is 0 Å². The first-order valence-electron chi connectivity index (χ1n) is 10.9. The predicted molar refractivity (Wildman–Crippen MR) is 140 cm³/mol. The minimum absolute atomic E-state index is 0.0144. The molecule has 0 saturated heterocycles. The van der Waals surface area contributed by atoms with Crippen LogP contribution in [0.15, 0.2) is 69.8 Å². The Balaban J connectivity index is 1.63. The van der Waals surface area contributed by atoms with Crippen LogP contribution in [0.1, 0.15) is 29.2 Å². The van der Waals surface area contributed by atoms with Crippen LogP contribution in [0.25, 0.3) is 6.08 Å². The van der Waals surface area contributed by atoms with Gasteiger partial charge >= 0.3 is 5.97 Å². The van der Waals surface area contributed by atoms with Gasteiger partial charge in [-0.15, -0.1) is 0 Å². The molecule has 0 fully saturated rings. The first kappa shape index (κ1) is 25.4. The highest BCUT2D eigenvalue weighted by molar-refractivity contribution is 9.10. The Bertz CT molecular complexity index is 1420. The van der Waals surface area contributed by atoms with Gasteiger partial charge in [-0.25, -0.2) is 9.79 Å². The fourth-order valence-electron chi connectivity index (χ4n) is 3.49. The third-order valence-electron chi connectivity index (χ3n) is 5.18. The number of aliphatic imine (C=N–C) groups is 1. The summed E-state index contributed by atoms with van der Waals surface area (Å²) in [5.74, 6) is 0.0964. The maximum atomic E-state index is 12.5. The van der Waals surface area contributed by atoms with E-state index < -0.39 is 10.9 Å². The number of cyclic esters (lactones) is 1. The van der Waals surface area contributed by atoms with E-state index in [-0.39, 0.29) is 23.9 Å². The van der Waals surface area contributed by atoms with Crippen LogP contribution in [0.4, 0.5) is 5.69 Å². The zero-order valence-corrected chi connectivity index (χ0v) is 21.6. The van der Waals surface area contributed by atoms with Crippen molar-refractivity contribution in [2.24, 2.45) is 4.99 Å². The number of benzene rings is 3. The van der Waals surface area contributed by atoms with Crippen molar-refractivity contribution in [3.8, 4) is 11.5 Å². The number of ether oxygens (including phenoxy) is 3. The van der Waals surface area contributed by atoms with E-state index in [0.29, 0.717) is 39.8 Å². The summed E-state index contributed by atoms with van der Waals surface area (Å²) in [5.41, 5.74) is 2.24. The molecule has 1 aliphatic heterocycles. The second-order valence-electron chi connectivity index (χ2n) is 7.78. The molecule has 1 heterocycles. The number of halogens is 2. The average molecular weight is 572 g/mol. The molecule has 0 aromatic heterocycles. The van der Waals surface area contributed by atoms with Gasteiger partial charge in [-0.05, 0) is 61.4 Å². The van der Waals surface area contributed by atoms with Crippen molar-refractivity contribution in [3.63, 3.8) is 0 Å². The van der Waals surface area contributed by atoms with Gasteiger partial charge < -0.3 is 14.2 Å². The largest absolute Gasteiger partial charge is 0.490 e. The monoisotopic (exact) mass is 570 g/mol. The van der Waals surface area contributed by atoms with Crippen LogP contribution in [0, 0.1) is 17.0 Å². The van der Waals surface area contributed by atoms with Crippen LogP contribution >= 0.6 is 27.5 Å². The number of esters is 1. The van der Waals surface area contributed by atoms with Gasteiger partial charge in [0.1, 0.15) is 6.61 Å². The Morgan fingerprint density at radius 3 is 2.69 bits per heavy atom. The van der Waals surface area contributed by atoms with Gasteiger partial charge in [0.05, 0.1) is 16.6 Å². The number of nitro groups is 1. The predicted octanol–water partition coefficient (Wildman–Crippen LogP) is 6.64. The number of carbonyl (C=O) groups is 1. The molecule has 0 aliphatic carbocycles. The third-order valence-corrected chi connectivity index (χ3v) is 5.95. The Hall–Kier alpha value is -3.69. The molecular formula is C26H20BrClN2O6. The zero-order valence-electron chi connectivity index (χ0n) is 19.3. The highest BCUT2D eigenvalue weighted by Crippen LogP contribution is 2.38. The molecule has 0 amide bonds. The van der Waals surface area contributed by atoms with Gasteiger partial charge in [-0.1, -0.05) is 45.7 Å². The van der Waals surface area contributed by atoms with Crippen molar-refractivity contribution in [2.45, 2.75) is 20.5 Å². The summed E-state index contributed by atoms with van der Waals surface area (Å²) in [7, 11) is 0. The molecule has 3 aromatic carbocycles. The second kappa shape index (κ2) is 10.9. The summed E-state index contributed by atoms with van der Waals surface area (Å²) < 4.78 is 17.9. The molecule has 0 bridgehead atoms. The molecule has 0 spiro atoms. The van der Waals surface area contributed by atoms with E-state index in [1.165, 1.54) is 12.1 Å². The fourth-order valence-corrected chi connectivity index (χ4v) is 4.21. The summed E-state index contributed by atoms with van der Waals surface area (Å²) in [6, 6.07) is 15.5. The van der Waals surface area contributed by atoms with Crippen molar-refractivity contribution < 1.29 is 23.9 Å². The maximum absolute atomic E-state index is 12.5. The summed E-state index contributed by atoms with van der Waals surface area (Å²) in [5, 5.41) is 11.6. The second-order valence-corrected chi connectivity index (χ2v) is 9.10. The molecule has 8 nitrogen and oxygen atoms in total. The Morgan fingerprint density at radius 1 is 1.17 bits per heavy atom. The van der Waals surface area contributed by atoms with E-state index in [1.807, 2.05) is 31.2 Å². The van der Waals surface area contributed by atoms with E-state index >= 15 is 0 Å². The Labute approximate surface area is 220 Å². The summed E-state index contributed by atoms with van der Waals surface area (Å²) in [6.45, 7) is 4.12. The highest BCUT2D eigenvalue weighted by atomic mass is 79.9. The van der Waals surface area contributed by atoms with E-state index in [2.05, 4.69) is 20.9 Å². The topological polar surface area (TPSA) is 100 Å². The average Bonchev–Trinajstić information content (AvgIpc) is 3.19. The molecule has 36 heavy (non-hydrogen) atoms. The molecule has 1 aliphatic rings. The number of aryl methyl sites for hydroxylation is 1. The lowest BCUT2D eigenvalue weighted by Crippen LogP contribution is -2.06. The van der Waals surface area contributed by atoms with Crippen molar-refractivity contribution >= 4 is 51.2 Å². The van der Waals surface area contributed by atoms with Crippen LogP contribution in [0.3, 0.4) is 0 Å². The van der Waals surface area contributed by atoms with Crippen LogP contribution in [0.5, 0.6) is 11.5 Å². The van der Waals surface area contributed by atoms with E-state index in [0.717, 1.165) is 10.0 Å². The number of hydrogen-bond acceptors (Lipinski definition) is 7. The van der Waals surface area contributed by atoms with E-state index in [4.69, 9.17) is 25.8 Å². The molecular weight excluding hydrogens is 552 g/mol. The third kappa shape index (κ3) is 5.75. The molecule has 10 heteroatoms. The molecule has 0 atom stereocenters. The van der Waals surface area contributed by atoms with Crippen molar-refractivity contribution in [3.05, 3.63) is 102 Å². The van der Waals surface area contributed by atoms with Crippen LogP contribution in [0.2, 0.25) is 5.02 Å². The molecule has 4 rings (SSSR count). The normalized spacial score (nSPS) is 13.9. The summed E-state index contributed by atoms with van der Waals surface area (Å²) >= 11 is 9.96. The maximum Gasteiger partial charge on any atom is 0.363 e.